The van der Waals surface area contributed by atoms with E-state index < -0.39 is 5.97 Å². The molecule has 5 heteroatoms. The van der Waals surface area contributed by atoms with Gasteiger partial charge in [0.05, 0.1) is 11.8 Å². The number of carbonyl (C=O) groups is 2. The molecule has 0 atom stereocenters. The van der Waals surface area contributed by atoms with Gasteiger partial charge in [-0.05, 0) is 53.1 Å². The van der Waals surface area contributed by atoms with Gasteiger partial charge in [0.15, 0.2) is 0 Å². The monoisotopic (exact) mass is 528 g/mol. The van der Waals surface area contributed by atoms with Gasteiger partial charge in [-0.15, -0.1) is 0 Å². The van der Waals surface area contributed by atoms with Crippen LogP contribution in [0.15, 0.2) is 71.8 Å². The third kappa shape index (κ3) is 11.4. The SMILES string of the molecule is CCCCCCCCCCCCCCCC(=O)N/N=C/c1ccc(OC(=O)c2cccc3ccccc23)cc1. The van der Waals surface area contributed by atoms with Crippen molar-refractivity contribution in [1.82, 2.24) is 5.43 Å². The Morgan fingerprint density at radius 1 is 0.718 bits per heavy atom. The van der Waals surface area contributed by atoms with Crippen molar-refractivity contribution in [3.05, 3.63) is 77.9 Å². The number of nitrogens with zero attached hydrogens (tertiary/aromatic N) is 1. The Hall–Kier alpha value is -3.47. The second kappa shape index (κ2) is 17.9. The summed E-state index contributed by atoms with van der Waals surface area (Å²) in [6.07, 6.45) is 18.8. The Labute approximate surface area is 234 Å². The molecule has 0 radical (unpaired) electrons. The van der Waals surface area contributed by atoms with Gasteiger partial charge in [-0.25, -0.2) is 10.2 Å². The standard InChI is InChI=1S/C34H44N2O3/c1-2-3-4-5-6-7-8-9-10-11-12-13-14-22-33(37)36-35-27-28-23-25-30(26-24-28)39-34(38)32-21-17-19-29-18-15-16-20-31(29)32/h15-21,23-27H,2-14,22H2,1H3,(H,36,37)/b35-27+. The van der Waals surface area contributed by atoms with Crippen molar-refractivity contribution in [3.63, 3.8) is 0 Å². The maximum absolute atomic E-state index is 12.7. The Bertz CT molecular complexity index is 1170. The Balaban J connectivity index is 1.26. The van der Waals surface area contributed by atoms with Gasteiger partial charge in [0, 0.05) is 6.42 Å². The fourth-order valence-corrected chi connectivity index (χ4v) is 4.73. The molecule has 0 aromatic heterocycles. The highest BCUT2D eigenvalue weighted by atomic mass is 16.5. The lowest BCUT2D eigenvalue weighted by Gasteiger charge is -2.07. The first-order valence-electron chi connectivity index (χ1n) is 14.8. The Morgan fingerprint density at radius 3 is 1.97 bits per heavy atom. The molecule has 5 nitrogen and oxygen atoms in total. The Kier molecular flexibility index (Phi) is 13.8. The number of hydrogen-bond acceptors (Lipinski definition) is 4. The number of benzene rings is 3. The molecule has 208 valence electrons. The summed E-state index contributed by atoms with van der Waals surface area (Å²) in [7, 11) is 0. The van der Waals surface area contributed by atoms with Gasteiger partial charge >= 0.3 is 5.97 Å². The highest BCUT2D eigenvalue weighted by molar-refractivity contribution is 6.05. The maximum atomic E-state index is 12.7. The first kappa shape index (κ1) is 30.1. The summed E-state index contributed by atoms with van der Waals surface area (Å²) in [5.41, 5.74) is 3.94. The molecule has 1 amide bonds. The van der Waals surface area contributed by atoms with E-state index in [2.05, 4.69) is 17.5 Å². The first-order chi connectivity index (χ1) is 19.2. The van der Waals surface area contributed by atoms with Crippen molar-refractivity contribution in [2.45, 2.75) is 96.8 Å². The number of rotatable bonds is 18. The number of carbonyl (C=O) groups excluding carboxylic acids is 2. The summed E-state index contributed by atoms with van der Waals surface area (Å²) in [6, 6.07) is 20.4. The molecule has 0 aliphatic carbocycles. The minimum absolute atomic E-state index is 0.0602. The van der Waals surface area contributed by atoms with E-state index in [0.717, 1.165) is 29.2 Å². The number of hydrogen-bond donors (Lipinski definition) is 1. The van der Waals surface area contributed by atoms with E-state index in [-0.39, 0.29) is 5.91 Å². The minimum Gasteiger partial charge on any atom is -0.423 e. The molecule has 0 aliphatic rings. The molecule has 39 heavy (non-hydrogen) atoms. The van der Waals surface area contributed by atoms with Crippen LogP contribution in [0.5, 0.6) is 5.75 Å². The molecule has 0 saturated heterocycles. The van der Waals surface area contributed by atoms with Crippen LogP contribution in [0, 0.1) is 0 Å². The Morgan fingerprint density at radius 2 is 1.31 bits per heavy atom. The van der Waals surface area contributed by atoms with Crippen LogP contribution in [0.1, 0.15) is 113 Å². The molecule has 0 spiro atoms. The van der Waals surface area contributed by atoms with Gasteiger partial charge in [0.25, 0.3) is 0 Å². The largest absolute Gasteiger partial charge is 0.423 e. The van der Waals surface area contributed by atoms with Gasteiger partial charge in [0.1, 0.15) is 5.75 Å². The van der Waals surface area contributed by atoms with E-state index in [9.17, 15) is 9.59 Å². The van der Waals surface area contributed by atoms with Gasteiger partial charge in [-0.1, -0.05) is 120 Å². The maximum Gasteiger partial charge on any atom is 0.344 e. The van der Waals surface area contributed by atoms with Gasteiger partial charge in [-0.3, -0.25) is 4.79 Å². The van der Waals surface area contributed by atoms with E-state index in [1.54, 1.807) is 36.5 Å². The van der Waals surface area contributed by atoms with Crippen LogP contribution in [-0.4, -0.2) is 18.1 Å². The number of amides is 1. The second-order valence-electron chi connectivity index (χ2n) is 10.3. The molecule has 3 aromatic carbocycles. The number of hydrazone groups is 1. The molecule has 0 heterocycles. The van der Waals surface area contributed by atoms with Gasteiger partial charge in [0.2, 0.25) is 5.91 Å². The van der Waals surface area contributed by atoms with Crippen LogP contribution in [0.25, 0.3) is 10.8 Å². The van der Waals surface area contributed by atoms with Crippen LogP contribution in [0.3, 0.4) is 0 Å². The number of fused-ring (bicyclic) bond motifs is 1. The lowest BCUT2D eigenvalue weighted by Crippen LogP contribution is -2.16. The quantitative estimate of drug-likeness (QED) is 0.0589. The van der Waals surface area contributed by atoms with Crippen molar-refractivity contribution >= 4 is 28.9 Å². The van der Waals surface area contributed by atoms with E-state index in [1.165, 1.54) is 70.6 Å². The summed E-state index contributed by atoms with van der Waals surface area (Å²) in [4.78, 5) is 24.8. The molecular formula is C34H44N2O3. The van der Waals surface area contributed by atoms with Crippen LogP contribution in [0.4, 0.5) is 0 Å². The topological polar surface area (TPSA) is 67.8 Å². The summed E-state index contributed by atoms with van der Waals surface area (Å²) in [6.45, 7) is 2.26. The molecule has 0 aliphatic heterocycles. The fourth-order valence-electron chi connectivity index (χ4n) is 4.73. The molecule has 0 fully saturated rings. The predicted octanol–water partition coefficient (Wildman–Crippen LogP) is 8.99. The molecule has 0 bridgehead atoms. The molecule has 0 unspecified atom stereocenters. The van der Waals surface area contributed by atoms with E-state index in [4.69, 9.17) is 4.74 Å². The van der Waals surface area contributed by atoms with Crippen molar-refractivity contribution in [2.24, 2.45) is 5.10 Å². The third-order valence-corrected chi connectivity index (χ3v) is 7.01. The smallest absolute Gasteiger partial charge is 0.344 e. The van der Waals surface area contributed by atoms with Crippen molar-refractivity contribution in [3.8, 4) is 5.75 Å². The average Bonchev–Trinajstić information content (AvgIpc) is 2.96. The van der Waals surface area contributed by atoms with Crippen molar-refractivity contribution in [2.75, 3.05) is 0 Å². The molecule has 3 rings (SSSR count). The summed E-state index contributed by atoms with van der Waals surface area (Å²) >= 11 is 0. The molecule has 1 N–H and O–H groups in total. The van der Waals surface area contributed by atoms with E-state index in [1.807, 2.05) is 36.4 Å². The van der Waals surface area contributed by atoms with Crippen molar-refractivity contribution < 1.29 is 14.3 Å². The molecule has 3 aromatic rings. The van der Waals surface area contributed by atoms with Crippen LogP contribution in [-0.2, 0) is 4.79 Å². The predicted molar refractivity (Wildman–Crippen MR) is 161 cm³/mol. The zero-order valence-corrected chi connectivity index (χ0v) is 23.5. The van der Waals surface area contributed by atoms with E-state index in [0.29, 0.717) is 17.7 Å². The normalized spacial score (nSPS) is 11.2. The summed E-state index contributed by atoms with van der Waals surface area (Å²) < 4.78 is 5.57. The fraction of sp³-hybridized carbons (Fsp3) is 0.441. The zero-order chi connectivity index (χ0) is 27.5. The van der Waals surface area contributed by atoms with Gasteiger partial charge < -0.3 is 4.74 Å². The van der Waals surface area contributed by atoms with Crippen LogP contribution >= 0.6 is 0 Å². The van der Waals surface area contributed by atoms with E-state index >= 15 is 0 Å². The van der Waals surface area contributed by atoms with Crippen LogP contribution < -0.4 is 10.2 Å². The minimum atomic E-state index is -0.395. The third-order valence-electron chi connectivity index (χ3n) is 7.01. The molecular weight excluding hydrogens is 484 g/mol. The number of ether oxygens (including phenoxy) is 1. The average molecular weight is 529 g/mol. The summed E-state index contributed by atoms with van der Waals surface area (Å²) in [5.74, 6) is 0.000126. The number of nitrogens with one attached hydrogen (secondary N) is 1. The zero-order valence-electron chi connectivity index (χ0n) is 23.5. The van der Waals surface area contributed by atoms with Gasteiger partial charge in [-0.2, -0.15) is 5.10 Å². The second-order valence-corrected chi connectivity index (χ2v) is 10.3. The highest BCUT2D eigenvalue weighted by Crippen LogP contribution is 2.21. The summed E-state index contributed by atoms with van der Waals surface area (Å²) in [5, 5.41) is 5.92. The molecule has 0 saturated carbocycles. The van der Waals surface area contributed by atoms with Crippen molar-refractivity contribution in [1.29, 1.82) is 0 Å². The highest BCUT2D eigenvalue weighted by Gasteiger charge is 2.12. The lowest BCUT2D eigenvalue weighted by molar-refractivity contribution is -0.121. The number of unbranched alkanes of at least 4 members (excludes halogenated alkanes) is 12. The number of esters is 1. The lowest BCUT2D eigenvalue weighted by atomic mass is 10.0. The van der Waals surface area contributed by atoms with Crippen LogP contribution in [0.2, 0.25) is 0 Å². The first-order valence-corrected chi connectivity index (χ1v) is 14.8.